The van der Waals surface area contributed by atoms with Gasteiger partial charge in [-0.3, -0.25) is 24.6 Å². The van der Waals surface area contributed by atoms with E-state index in [1.165, 1.54) is 27.8 Å². The highest BCUT2D eigenvalue weighted by Gasteiger charge is 2.39. The van der Waals surface area contributed by atoms with E-state index in [-0.39, 0.29) is 24.1 Å². The van der Waals surface area contributed by atoms with Gasteiger partial charge in [-0.25, -0.2) is 0 Å². The second kappa shape index (κ2) is 17.8. The van der Waals surface area contributed by atoms with Crippen LogP contribution in [0.1, 0.15) is 89.5 Å². The summed E-state index contributed by atoms with van der Waals surface area (Å²) in [5.74, 6) is -0.223. The minimum Gasteiger partial charge on any atom is -0.423 e. The molecule has 0 aromatic heterocycles. The molecular weight excluding hydrogens is 725 g/mol. The van der Waals surface area contributed by atoms with Crippen molar-refractivity contribution in [1.82, 2.24) is 20.0 Å². The molecule has 0 radical (unpaired) electrons. The zero-order valence-corrected chi connectivity index (χ0v) is 33.5. The number of likely N-dealkylation sites (tertiary alicyclic amines) is 1. The number of piperazine rings is 1. The summed E-state index contributed by atoms with van der Waals surface area (Å²) >= 11 is 0. The molecule has 3 N–H and O–H groups in total. The number of hydrogen-bond donors (Lipinski definition) is 3. The fourth-order valence-corrected chi connectivity index (χ4v) is 9.42. The number of carbonyl (C=O) groups is 3. The Morgan fingerprint density at radius 3 is 2.03 bits per heavy atom. The number of rotatable bonds is 12. The van der Waals surface area contributed by atoms with Gasteiger partial charge in [0.25, 0.3) is 5.91 Å². The lowest BCUT2D eigenvalue weighted by Gasteiger charge is -2.37. The summed E-state index contributed by atoms with van der Waals surface area (Å²) in [4.78, 5) is 46.4. The standard InChI is InChI=1S/C47H54BN5O5/c1-2-41(35-7-4-3-5-8-35)45(37-13-15-39(16-14-37)48(57)58)36-11-9-33(10-12-36)34-21-25-50(26-22-34)23-6-24-51-27-29-52(30-28-51)40-17-18-42-38(31-40)32-53(47(42)56)43-19-20-44(54)49-46(43)55/h3-5,7-18,31,34,43,57-58H,2,6,19-30,32H2,1H3,(H,49,54,55)/b45-41+. The number of allylic oxidation sites excluding steroid dienone is 1. The number of fused-ring (bicyclic) bond motifs is 1. The smallest absolute Gasteiger partial charge is 0.423 e. The number of anilines is 1. The Morgan fingerprint density at radius 2 is 1.40 bits per heavy atom. The molecule has 1 unspecified atom stereocenters. The van der Waals surface area contributed by atoms with Crippen molar-refractivity contribution in [2.24, 2.45) is 0 Å². The second-order valence-electron chi connectivity index (χ2n) is 16.2. The monoisotopic (exact) mass is 779 g/mol. The number of piperidine rings is 2. The molecule has 0 bridgehead atoms. The Balaban J connectivity index is 0.807. The van der Waals surface area contributed by atoms with E-state index in [2.05, 4.69) is 81.5 Å². The van der Waals surface area contributed by atoms with Gasteiger partial charge in [-0.2, -0.15) is 0 Å². The van der Waals surface area contributed by atoms with Gasteiger partial charge in [0.1, 0.15) is 6.04 Å². The molecule has 4 aliphatic rings. The van der Waals surface area contributed by atoms with Crippen LogP contribution in [0.25, 0.3) is 11.1 Å². The van der Waals surface area contributed by atoms with Gasteiger partial charge in [-0.05, 0) is 127 Å². The molecule has 4 aliphatic heterocycles. The summed E-state index contributed by atoms with van der Waals surface area (Å²) in [6.07, 6.45) is 4.98. The zero-order chi connectivity index (χ0) is 40.2. The molecule has 10 nitrogen and oxygen atoms in total. The molecule has 4 aromatic rings. The summed E-state index contributed by atoms with van der Waals surface area (Å²) in [6, 6.07) is 32.8. The van der Waals surface area contributed by atoms with Crippen molar-refractivity contribution in [3.05, 3.63) is 130 Å². The predicted molar refractivity (Wildman–Crippen MR) is 230 cm³/mol. The number of imide groups is 1. The third kappa shape index (κ3) is 8.68. The highest BCUT2D eigenvalue weighted by atomic mass is 16.4. The van der Waals surface area contributed by atoms with Crippen molar-refractivity contribution in [2.45, 2.75) is 64.0 Å². The minimum absolute atomic E-state index is 0.127. The Labute approximate surface area is 342 Å². The van der Waals surface area contributed by atoms with Gasteiger partial charge in [-0.1, -0.05) is 85.8 Å². The van der Waals surface area contributed by atoms with Crippen LogP contribution in [0.4, 0.5) is 5.69 Å². The van der Waals surface area contributed by atoms with Gasteiger partial charge in [0.2, 0.25) is 11.8 Å². The van der Waals surface area contributed by atoms with Gasteiger partial charge in [-0.15, -0.1) is 0 Å². The maximum Gasteiger partial charge on any atom is 0.488 e. The molecule has 4 heterocycles. The fraction of sp³-hybridized carbons (Fsp3) is 0.383. The molecule has 11 heteroatoms. The van der Waals surface area contributed by atoms with Crippen molar-refractivity contribution in [2.75, 3.05) is 57.3 Å². The van der Waals surface area contributed by atoms with Crippen molar-refractivity contribution in [3.8, 4) is 0 Å². The van der Waals surface area contributed by atoms with Crippen LogP contribution in [0.5, 0.6) is 0 Å². The van der Waals surface area contributed by atoms with Crippen molar-refractivity contribution >= 4 is 47.1 Å². The highest BCUT2D eigenvalue weighted by molar-refractivity contribution is 6.58. The Hall–Kier alpha value is -5.07. The molecule has 300 valence electrons. The molecule has 3 fully saturated rings. The molecular formula is C47H54BN5O5. The van der Waals surface area contributed by atoms with Crippen molar-refractivity contribution < 1.29 is 24.4 Å². The number of amides is 3. The van der Waals surface area contributed by atoms with Gasteiger partial charge in [0.15, 0.2) is 0 Å². The molecule has 0 aliphatic carbocycles. The van der Waals surface area contributed by atoms with Crippen LogP contribution in [-0.4, -0.2) is 108 Å². The SMILES string of the molecule is CC/C(=C(\c1ccc(B(O)O)cc1)c1ccc(C2CCN(CCCN3CCN(c4ccc5c(c4)CN(C4CCC(=O)NC4=O)C5=O)CC3)CC2)cc1)c1ccccc1. The summed E-state index contributed by atoms with van der Waals surface area (Å²) in [5.41, 5.74) is 10.5. The zero-order valence-electron chi connectivity index (χ0n) is 33.5. The van der Waals surface area contributed by atoms with Crippen LogP contribution >= 0.6 is 0 Å². The number of nitrogens with one attached hydrogen (secondary N) is 1. The van der Waals surface area contributed by atoms with Crippen molar-refractivity contribution in [3.63, 3.8) is 0 Å². The molecule has 0 spiro atoms. The van der Waals surface area contributed by atoms with E-state index in [1.54, 1.807) is 17.0 Å². The highest BCUT2D eigenvalue weighted by Crippen LogP contribution is 2.36. The summed E-state index contributed by atoms with van der Waals surface area (Å²) in [5, 5.41) is 21.8. The van der Waals surface area contributed by atoms with E-state index >= 15 is 0 Å². The second-order valence-corrected chi connectivity index (χ2v) is 16.2. The summed E-state index contributed by atoms with van der Waals surface area (Å²) in [7, 11) is -1.49. The first kappa shape index (κ1) is 39.7. The average Bonchev–Trinajstić information content (AvgIpc) is 3.58. The lowest BCUT2D eigenvalue weighted by atomic mass is 9.79. The van der Waals surface area contributed by atoms with Crippen LogP contribution in [0.3, 0.4) is 0 Å². The lowest BCUT2D eigenvalue weighted by Crippen LogP contribution is -2.52. The number of hydrogen-bond acceptors (Lipinski definition) is 8. The molecule has 0 saturated carbocycles. The third-order valence-electron chi connectivity index (χ3n) is 12.7. The lowest BCUT2D eigenvalue weighted by molar-refractivity contribution is -0.136. The maximum absolute atomic E-state index is 13.1. The van der Waals surface area contributed by atoms with Crippen LogP contribution in [0, 0.1) is 0 Å². The van der Waals surface area contributed by atoms with E-state index in [0.29, 0.717) is 29.9 Å². The average molecular weight is 780 g/mol. The number of carbonyl (C=O) groups excluding carboxylic acids is 3. The third-order valence-corrected chi connectivity index (χ3v) is 12.7. The van der Waals surface area contributed by atoms with Gasteiger partial charge in [0.05, 0.1) is 0 Å². The maximum atomic E-state index is 13.1. The van der Waals surface area contributed by atoms with Crippen LogP contribution in [0.15, 0.2) is 97.1 Å². The Bertz CT molecular complexity index is 2130. The van der Waals surface area contributed by atoms with E-state index in [1.807, 2.05) is 30.3 Å². The Morgan fingerprint density at radius 1 is 0.741 bits per heavy atom. The molecule has 58 heavy (non-hydrogen) atoms. The fourth-order valence-electron chi connectivity index (χ4n) is 9.42. The number of nitrogens with zero attached hydrogens (tertiary/aromatic N) is 4. The molecule has 3 saturated heterocycles. The van der Waals surface area contributed by atoms with Gasteiger partial charge < -0.3 is 24.7 Å². The van der Waals surface area contributed by atoms with Crippen LogP contribution in [0.2, 0.25) is 0 Å². The Kier molecular flexibility index (Phi) is 12.2. The van der Waals surface area contributed by atoms with Gasteiger partial charge in [0, 0.05) is 50.4 Å². The predicted octanol–water partition coefficient (Wildman–Crippen LogP) is 4.89. The van der Waals surface area contributed by atoms with Gasteiger partial charge >= 0.3 is 7.12 Å². The van der Waals surface area contributed by atoms with Crippen LogP contribution < -0.4 is 15.7 Å². The number of benzene rings is 4. The van der Waals surface area contributed by atoms with Crippen LogP contribution in [-0.2, 0) is 16.1 Å². The largest absolute Gasteiger partial charge is 0.488 e. The van der Waals surface area contributed by atoms with E-state index < -0.39 is 13.2 Å². The molecule has 8 rings (SSSR count). The molecule has 1 atom stereocenters. The molecule has 3 amide bonds. The first-order chi connectivity index (χ1) is 28.2. The topological polar surface area (TPSA) is 117 Å². The summed E-state index contributed by atoms with van der Waals surface area (Å²) < 4.78 is 0. The van der Waals surface area contributed by atoms with E-state index in [0.717, 1.165) is 94.9 Å². The quantitative estimate of drug-likeness (QED) is 0.106. The summed E-state index contributed by atoms with van der Waals surface area (Å²) in [6.45, 7) is 10.9. The first-order valence-electron chi connectivity index (χ1n) is 21.1. The molecule has 4 aromatic carbocycles. The first-order valence-corrected chi connectivity index (χ1v) is 21.1. The van der Waals surface area contributed by atoms with E-state index in [9.17, 15) is 24.4 Å². The van der Waals surface area contributed by atoms with E-state index in [4.69, 9.17) is 0 Å². The minimum atomic E-state index is -1.49. The van der Waals surface area contributed by atoms with Crippen molar-refractivity contribution in [1.29, 1.82) is 0 Å². The normalized spacial score (nSPS) is 19.9.